The number of carboxylic acids is 1. The molecule has 2 atom stereocenters. The van der Waals surface area contributed by atoms with Gasteiger partial charge in [0.15, 0.2) is 0 Å². The van der Waals surface area contributed by atoms with E-state index in [0.717, 1.165) is 5.56 Å². The molecule has 0 bridgehead atoms. The molecule has 3 nitrogen and oxygen atoms in total. The van der Waals surface area contributed by atoms with Crippen LogP contribution in [0.2, 0.25) is 5.02 Å². The molecule has 1 N–H and O–H groups in total. The van der Waals surface area contributed by atoms with Crippen molar-refractivity contribution < 1.29 is 14.6 Å². The van der Waals surface area contributed by atoms with Crippen molar-refractivity contribution in [2.24, 2.45) is 0 Å². The minimum Gasteiger partial charge on any atom is -0.478 e. The molecule has 0 aliphatic rings. The number of ether oxygens (including phenoxy) is 1. The van der Waals surface area contributed by atoms with E-state index in [9.17, 15) is 9.90 Å². The lowest BCUT2D eigenvalue weighted by molar-refractivity contribution is -0.156. The molecule has 0 radical (unpaired) electrons. The number of carboxylic acid groups (broad SMARTS) is 1. The number of carbonyl (C=O) groups is 1. The monoisotopic (exact) mass is 360 g/mol. The molecule has 2 aromatic carbocycles. The van der Waals surface area contributed by atoms with Crippen LogP contribution >= 0.6 is 11.6 Å². The van der Waals surface area contributed by atoms with Crippen molar-refractivity contribution in [1.29, 1.82) is 0 Å². The van der Waals surface area contributed by atoms with Gasteiger partial charge in [-0.1, -0.05) is 56.6 Å². The van der Waals surface area contributed by atoms with Crippen molar-refractivity contribution in [2.45, 2.75) is 51.6 Å². The number of benzene rings is 2. The van der Waals surface area contributed by atoms with E-state index in [1.807, 2.05) is 43.3 Å². The second-order valence-electron chi connectivity index (χ2n) is 6.75. The third-order valence-electron chi connectivity index (χ3n) is 4.65. The normalized spacial score (nSPS) is 14.8. The predicted octanol–water partition coefficient (Wildman–Crippen LogP) is 5.88. The molecule has 0 spiro atoms. The third kappa shape index (κ3) is 4.35. The summed E-state index contributed by atoms with van der Waals surface area (Å²) in [6.07, 6.45) is 0.633. The maximum Gasteiger partial charge on any atom is 0.348 e. The molecule has 134 valence electrons. The van der Waals surface area contributed by atoms with E-state index >= 15 is 0 Å². The van der Waals surface area contributed by atoms with Gasteiger partial charge in [0.1, 0.15) is 5.75 Å². The van der Waals surface area contributed by atoms with Crippen LogP contribution in [0.5, 0.6) is 5.75 Å². The van der Waals surface area contributed by atoms with Crippen molar-refractivity contribution in [3.05, 3.63) is 64.7 Å². The lowest BCUT2D eigenvalue weighted by Gasteiger charge is -2.34. The highest BCUT2D eigenvalue weighted by molar-refractivity contribution is 6.30. The predicted molar refractivity (Wildman–Crippen MR) is 102 cm³/mol. The molecule has 25 heavy (non-hydrogen) atoms. The third-order valence-corrected chi connectivity index (χ3v) is 4.90. The Kier molecular flexibility index (Phi) is 6.12. The Labute approximate surface area is 154 Å². The fraction of sp³-hybridized carbons (Fsp3) is 0.381. The van der Waals surface area contributed by atoms with Gasteiger partial charge in [0.25, 0.3) is 0 Å². The minimum atomic E-state index is -1.37. The standard InChI is InChI=1S/C21H25ClO3/c1-5-19(16-6-10-17(22)11-7-16)21(4,20(23)24)25-18-12-8-15(9-13-18)14(2)3/h6-14,19H,5H2,1-4H3,(H,23,24)/t19-,21+/m1/s1. The van der Waals surface area contributed by atoms with Crippen molar-refractivity contribution in [2.75, 3.05) is 0 Å². The highest BCUT2D eigenvalue weighted by Gasteiger charge is 2.44. The fourth-order valence-corrected chi connectivity index (χ4v) is 3.19. The molecule has 0 aromatic heterocycles. The van der Waals surface area contributed by atoms with Gasteiger partial charge in [-0.05, 0) is 54.7 Å². The summed E-state index contributed by atoms with van der Waals surface area (Å²) in [6, 6.07) is 14.9. The quantitative estimate of drug-likeness (QED) is 0.670. The van der Waals surface area contributed by atoms with Crippen molar-refractivity contribution >= 4 is 17.6 Å². The summed E-state index contributed by atoms with van der Waals surface area (Å²) >= 11 is 5.96. The Morgan fingerprint density at radius 3 is 2.04 bits per heavy atom. The lowest BCUT2D eigenvalue weighted by Crippen LogP contribution is -2.47. The maximum atomic E-state index is 12.1. The van der Waals surface area contributed by atoms with Gasteiger partial charge in [-0.3, -0.25) is 0 Å². The van der Waals surface area contributed by atoms with E-state index in [0.29, 0.717) is 23.1 Å². The van der Waals surface area contributed by atoms with E-state index in [4.69, 9.17) is 16.3 Å². The van der Waals surface area contributed by atoms with Crippen LogP contribution in [0.4, 0.5) is 0 Å². The molecule has 4 heteroatoms. The van der Waals surface area contributed by atoms with Crippen LogP contribution in [-0.2, 0) is 4.79 Å². The Balaban J connectivity index is 2.35. The van der Waals surface area contributed by atoms with E-state index in [1.54, 1.807) is 19.1 Å². The van der Waals surface area contributed by atoms with Crippen LogP contribution in [0.25, 0.3) is 0 Å². The van der Waals surface area contributed by atoms with Crippen LogP contribution in [0, 0.1) is 0 Å². The van der Waals surface area contributed by atoms with Crippen LogP contribution in [0.1, 0.15) is 57.1 Å². The highest BCUT2D eigenvalue weighted by atomic mass is 35.5. The SMILES string of the molecule is CC[C@H](c1ccc(Cl)cc1)[C@](C)(Oc1ccc(C(C)C)cc1)C(=O)O. The second kappa shape index (κ2) is 7.92. The summed E-state index contributed by atoms with van der Waals surface area (Å²) in [5.74, 6) is -0.312. The van der Waals surface area contributed by atoms with Gasteiger partial charge < -0.3 is 9.84 Å². The molecule has 0 heterocycles. The molecular formula is C21H25ClO3. The summed E-state index contributed by atoms with van der Waals surface area (Å²) in [4.78, 5) is 12.1. The molecule has 0 amide bonds. The summed E-state index contributed by atoms with van der Waals surface area (Å²) < 4.78 is 6.00. The largest absolute Gasteiger partial charge is 0.478 e. The van der Waals surface area contributed by atoms with Gasteiger partial charge >= 0.3 is 5.97 Å². The van der Waals surface area contributed by atoms with Crippen molar-refractivity contribution in [3.8, 4) is 5.75 Å². The number of aliphatic carboxylic acids is 1. The topological polar surface area (TPSA) is 46.5 Å². The van der Waals surface area contributed by atoms with Crippen molar-refractivity contribution in [1.82, 2.24) is 0 Å². The van der Waals surface area contributed by atoms with Gasteiger partial charge in [-0.25, -0.2) is 4.79 Å². The van der Waals surface area contributed by atoms with Gasteiger partial charge in [0.05, 0.1) is 0 Å². The zero-order chi connectivity index (χ0) is 18.6. The average Bonchev–Trinajstić information content (AvgIpc) is 2.57. The number of hydrogen-bond acceptors (Lipinski definition) is 2. The average molecular weight is 361 g/mol. The number of rotatable bonds is 7. The van der Waals surface area contributed by atoms with Gasteiger partial charge in [0.2, 0.25) is 5.60 Å². The smallest absolute Gasteiger partial charge is 0.348 e. The van der Waals surface area contributed by atoms with E-state index in [-0.39, 0.29) is 5.92 Å². The molecule has 0 aliphatic carbocycles. The first-order valence-corrected chi connectivity index (χ1v) is 8.93. The molecule has 0 fully saturated rings. The first-order chi connectivity index (χ1) is 11.8. The fourth-order valence-electron chi connectivity index (χ4n) is 3.07. The van der Waals surface area contributed by atoms with Crippen LogP contribution in [0.3, 0.4) is 0 Å². The van der Waals surface area contributed by atoms with Crippen molar-refractivity contribution in [3.63, 3.8) is 0 Å². The zero-order valence-electron chi connectivity index (χ0n) is 15.1. The second-order valence-corrected chi connectivity index (χ2v) is 7.19. The summed E-state index contributed by atoms with van der Waals surface area (Å²) in [5, 5.41) is 10.5. The molecule has 0 saturated carbocycles. The molecular weight excluding hydrogens is 336 g/mol. The van der Waals surface area contributed by atoms with Crippen LogP contribution < -0.4 is 4.74 Å². The Morgan fingerprint density at radius 1 is 1.08 bits per heavy atom. The van der Waals surface area contributed by atoms with E-state index in [1.165, 1.54) is 5.56 Å². The molecule has 0 saturated heterocycles. The maximum absolute atomic E-state index is 12.1. The summed E-state index contributed by atoms with van der Waals surface area (Å²) in [5.41, 5.74) is 0.715. The molecule has 0 unspecified atom stereocenters. The summed E-state index contributed by atoms with van der Waals surface area (Å²) in [6.45, 7) is 7.83. The van der Waals surface area contributed by atoms with Gasteiger partial charge in [-0.2, -0.15) is 0 Å². The molecule has 0 aliphatic heterocycles. The Bertz CT molecular complexity index is 707. The highest BCUT2D eigenvalue weighted by Crippen LogP contribution is 2.36. The van der Waals surface area contributed by atoms with Crippen LogP contribution in [0.15, 0.2) is 48.5 Å². The lowest BCUT2D eigenvalue weighted by atomic mass is 9.81. The van der Waals surface area contributed by atoms with Gasteiger partial charge in [-0.15, -0.1) is 0 Å². The number of halogens is 1. The molecule has 2 aromatic rings. The number of hydrogen-bond donors (Lipinski definition) is 1. The van der Waals surface area contributed by atoms with Crippen LogP contribution in [-0.4, -0.2) is 16.7 Å². The van der Waals surface area contributed by atoms with E-state index in [2.05, 4.69) is 13.8 Å². The summed E-state index contributed by atoms with van der Waals surface area (Å²) in [7, 11) is 0. The van der Waals surface area contributed by atoms with Gasteiger partial charge in [0, 0.05) is 10.9 Å². The first-order valence-electron chi connectivity index (χ1n) is 8.55. The minimum absolute atomic E-state index is 0.299. The zero-order valence-corrected chi connectivity index (χ0v) is 15.9. The van der Waals surface area contributed by atoms with E-state index < -0.39 is 11.6 Å². The molecule has 2 rings (SSSR count). The Morgan fingerprint density at radius 2 is 1.60 bits per heavy atom. The first kappa shape index (κ1) is 19.3. The Hall–Kier alpha value is -2.00.